The molecule has 27 heavy (non-hydrogen) atoms. The zero-order valence-electron chi connectivity index (χ0n) is 15.6. The number of hydrazine groups is 1. The molecule has 8 nitrogen and oxygen atoms in total. The molecule has 152 valence electrons. The number of nitrogens with one attached hydrogen (secondary N) is 3. The highest BCUT2D eigenvalue weighted by molar-refractivity contribution is 8.00. The number of nitrogens with zero attached hydrogens (tertiary/aromatic N) is 1. The summed E-state index contributed by atoms with van der Waals surface area (Å²) in [5.41, 5.74) is 2.05. The van der Waals surface area contributed by atoms with E-state index in [1.54, 1.807) is 13.8 Å². The average Bonchev–Trinajstić information content (AvgIpc) is 3.19. The lowest BCUT2D eigenvalue weighted by molar-refractivity contribution is -0.128. The minimum absolute atomic E-state index is 0.0403. The largest absolute Gasteiger partial charge is 0.447 e. The summed E-state index contributed by atoms with van der Waals surface area (Å²) in [5, 5.41) is 6.48. The van der Waals surface area contributed by atoms with Crippen molar-refractivity contribution in [1.29, 1.82) is 0 Å². The smallest absolute Gasteiger partial charge is 0.414 e. The monoisotopic (exact) mass is 402 g/mol. The van der Waals surface area contributed by atoms with Crippen LogP contribution in [-0.4, -0.2) is 59.0 Å². The molecule has 3 N–H and O–H groups in total. The van der Waals surface area contributed by atoms with E-state index >= 15 is 0 Å². The predicted molar refractivity (Wildman–Crippen MR) is 98.1 cm³/mol. The molecule has 3 amide bonds. The first-order chi connectivity index (χ1) is 12.8. The molecule has 3 aliphatic rings. The molecule has 5 unspecified atom stereocenters. The number of ether oxygens (including phenoxy) is 1. The molecule has 0 radical (unpaired) electrons. The van der Waals surface area contributed by atoms with Crippen molar-refractivity contribution in [3.8, 4) is 0 Å². The van der Waals surface area contributed by atoms with Crippen molar-refractivity contribution < 1.29 is 23.5 Å². The Kier molecular flexibility index (Phi) is 6.59. The van der Waals surface area contributed by atoms with E-state index in [2.05, 4.69) is 21.1 Å². The maximum atomic E-state index is 13.9. The number of carbonyl (C=O) groups is 3. The van der Waals surface area contributed by atoms with Crippen molar-refractivity contribution in [1.82, 2.24) is 21.1 Å². The van der Waals surface area contributed by atoms with Gasteiger partial charge in [-0.05, 0) is 33.1 Å². The Morgan fingerprint density at radius 3 is 2.74 bits per heavy atom. The van der Waals surface area contributed by atoms with Crippen LogP contribution in [0.4, 0.5) is 9.18 Å². The molecular formula is C17H27FN4O4S. The first-order valence-corrected chi connectivity index (χ1v) is 10.4. The Morgan fingerprint density at radius 2 is 2.00 bits per heavy atom. The third kappa shape index (κ3) is 5.11. The Morgan fingerprint density at radius 1 is 1.22 bits per heavy atom. The second-order valence-corrected chi connectivity index (χ2v) is 8.82. The van der Waals surface area contributed by atoms with Crippen molar-refractivity contribution in [3.63, 3.8) is 0 Å². The van der Waals surface area contributed by atoms with Crippen molar-refractivity contribution in [2.75, 3.05) is 13.1 Å². The van der Waals surface area contributed by atoms with Crippen LogP contribution in [0.25, 0.3) is 0 Å². The van der Waals surface area contributed by atoms with E-state index in [9.17, 15) is 18.8 Å². The fourth-order valence-electron chi connectivity index (χ4n) is 3.85. The van der Waals surface area contributed by atoms with Gasteiger partial charge in [-0.2, -0.15) is 0 Å². The van der Waals surface area contributed by atoms with Crippen LogP contribution in [0, 0.1) is 11.8 Å². The minimum atomic E-state index is -1.26. The first-order valence-electron chi connectivity index (χ1n) is 9.45. The van der Waals surface area contributed by atoms with Crippen LogP contribution in [0.5, 0.6) is 0 Å². The Labute approximate surface area is 162 Å². The van der Waals surface area contributed by atoms with Crippen LogP contribution in [0.3, 0.4) is 0 Å². The highest BCUT2D eigenvalue weighted by Crippen LogP contribution is 2.38. The van der Waals surface area contributed by atoms with Gasteiger partial charge in [0.15, 0.2) is 0 Å². The van der Waals surface area contributed by atoms with Crippen molar-refractivity contribution >= 4 is 29.7 Å². The summed E-state index contributed by atoms with van der Waals surface area (Å²) in [6.07, 6.45) is 1.24. The van der Waals surface area contributed by atoms with E-state index in [1.807, 2.05) is 0 Å². The van der Waals surface area contributed by atoms with Gasteiger partial charge in [0.2, 0.25) is 11.8 Å². The number of fused-ring (bicyclic) bond motifs is 1. The number of imide groups is 1. The first kappa shape index (κ1) is 20.3. The van der Waals surface area contributed by atoms with E-state index in [0.29, 0.717) is 6.04 Å². The summed E-state index contributed by atoms with van der Waals surface area (Å²) < 4.78 is 18.8. The number of alkyl halides is 1. The number of thioether (sulfide) groups is 1. The van der Waals surface area contributed by atoms with Crippen molar-refractivity contribution in [2.24, 2.45) is 11.8 Å². The molecule has 0 aromatic rings. The lowest BCUT2D eigenvalue weighted by Gasteiger charge is -2.34. The molecular weight excluding hydrogens is 375 g/mol. The van der Waals surface area contributed by atoms with Gasteiger partial charge in [0.25, 0.3) is 0 Å². The van der Waals surface area contributed by atoms with Crippen LogP contribution < -0.4 is 16.1 Å². The summed E-state index contributed by atoms with van der Waals surface area (Å²) in [6, 6.07) is 0.351. The normalized spacial score (nSPS) is 33.6. The van der Waals surface area contributed by atoms with Gasteiger partial charge in [0.05, 0.1) is 17.4 Å². The lowest BCUT2D eigenvalue weighted by Crippen LogP contribution is -2.50. The quantitative estimate of drug-likeness (QED) is 0.648. The van der Waals surface area contributed by atoms with Crippen LogP contribution in [0.1, 0.15) is 39.5 Å². The predicted octanol–water partition coefficient (Wildman–Crippen LogP) is 1.13. The maximum Gasteiger partial charge on any atom is 0.414 e. The minimum Gasteiger partial charge on any atom is -0.447 e. The topological polar surface area (TPSA) is 99.8 Å². The van der Waals surface area contributed by atoms with Gasteiger partial charge in [0, 0.05) is 31.5 Å². The number of piperidine rings is 1. The third-order valence-corrected chi connectivity index (χ3v) is 6.39. The van der Waals surface area contributed by atoms with Crippen LogP contribution >= 0.6 is 11.8 Å². The summed E-state index contributed by atoms with van der Waals surface area (Å²) in [5.74, 6) is -1.70. The fourth-order valence-corrected chi connectivity index (χ4v) is 5.10. The maximum absolute atomic E-state index is 13.9. The molecule has 0 bridgehead atoms. The fraction of sp³-hybridized carbons (Fsp3) is 0.824. The van der Waals surface area contributed by atoms with Crippen LogP contribution in [0.2, 0.25) is 0 Å². The average molecular weight is 402 g/mol. The summed E-state index contributed by atoms with van der Waals surface area (Å²) in [6.45, 7) is 5.07. The number of amides is 3. The van der Waals surface area contributed by atoms with E-state index in [4.69, 9.17) is 4.74 Å². The number of halogens is 1. The van der Waals surface area contributed by atoms with Gasteiger partial charge in [-0.1, -0.05) is 11.8 Å². The van der Waals surface area contributed by atoms with Crippen LogP contribution in [0.15, 0.2) is 0 Å². The summed E-state index contributed by atoms with van der Waals surface area (Å²) in [4.78, 5) is 36.6. The zero-order chi connectivity index (χ0) is 19.6. The molecule has 0 aromatic carbocycles. The molecule has 3 rings (SSSR count). The second-order valence-electron chi connectivity index (χ2n) is 7.53. The van der Waals surface area contributed by atoms with Crippen molar-refractivity contribution in [3.05, 3.63) is 0 Å². The second kappa shape index (κ2) is 8.74. The molecule has 3 heterocycles. The molecule has 10 heteroatoms. The molecule has 3 saturated heterocycles. The van der Waals surface area contributed by atoms with Gasteiger partial charge in [-0.25, -0.2) is 14.2 Å². The molecule has 3 fully saturated rings. The van der Waals surface area contributed by atoms with E-state index in [1.165, 1.54) is 0 Å². The number of alkyl carbamates (subject to hydrolysis) is 1. The Hall–Kier alpha value is -1.39. The number of carbonyl (C=O) groups excluding carboxylic acids is 3. The van der Waals surface area contributed by atoms with Gasteiger partial charge >= 0.3 is 6.09 Å². The SMILES string of the molecule is CC(C)OC(=O)NC(=O)C1CC(F)SC1NC(=O)C1CCN2NCCC2C1. The summed E-state index contributed by atoms with van der Waals surface area (Å²) >= 11 is 0.920. The molecule has 0 aliphatic carbocycles. The molecule has 3 aliphatic heterocycles. The standard InChI is InChI=1S/C17H27FN4O4S/c1-9(2)26-17(25)21-15(24)12-8-13(18)27-16(12)20-14(23)10-4-6-22-11(7-10)3-5-19-22/h9-13,16,19H,3-8H2,1-2H3,(H,20,23)(H,21,24,25). The van der Waals surface area contributed by atoms with Crippen molar-refractivity contribution in [2.45, 2.75) is 62.6 Å². The van der Waals surface area contributed by atoms with Gasteiger partial charge in [-0.15, -0.1) is 0 Å². The van der Waals surface area contributed by atoms with Gasteiger partial charge < -0.3 is 10.1 Å². The Bertz CT molecular complexity index is 593. The Balaban J connectivity index is 1.55. The molecule has 0 saturated carbocycles. The van der Waals surface area contributed by atoms with Gasteiger partial charge in [0.1, 0.15) is 5.50 Å². The third-order valence-electron chi connectivity index (χ3n) is 5.17. The number of hydrogen-bond acceptors (Lipinski definition) is 7. The van der Waals surface area contributed by atoms with Crippen LogP contribution in [-0.2, 0) is 14.3 Å². The highest BCUT2D eigenvalue weighted by atomic mass is 32.2. The molecule has 0 aromatic heterocycles. The summed E-state index contributed by atoms with van der Waals surface area (Å²) in [7, 11) is 0. The van der Waals surface area contributed by atoms with E-state index in [-0.39, 0.29) is 24.3 Å². The highest BCUT2D eigenvalue weighted by Gasteiger charge is 2.43. The number of hydrogen-bond donors (Lipinski definition) is 3. The van der Waals surface area contributed by atoms with E-state index in [0.717, 1.165) is 44.1 Å². The lowest BCUT2D eigenvalue weighted by atomic mass is 9.90. The molecule has 5 atom stereocenters. The zero-order valence-corrected chi connectivity index (χ0v) is 16.4. The molecule has 0 spiro atoms. The van der Waals surface area contributed by atoms with E-state index < -0.39 is 28.8 Å². The van der Waals surface area contributed by atoms with Gasteiger partial charge in [-0.3, -0.25) is 20.3 Å². The number of rotatable bonds is 4.